The van der Waals surface area contributed by atoms with Gasteiger partial charge in [-0.15, -0.1) is 11.3 Å². The molecule has 0 radical (unpaired) electrons. The molecular formula is C18H17FN4OS. The summed E-state index contributed by atoms with van der Waals surface area (Å²) in [6.07, 6.45) is 3.94. The van der Waals surface area contributed by atoms with E-state index in [2.05, 4.69) is 20.6 Å². The van der Waals surface area contributed by atoms with Gasteiger partial charge in [-0.2, -0.15) is 0 Å². The number of halogens is 1. The third kappa shape index (κ3) is 4.84. The lowest BCUT2D eigenvalue weighted by molar-refractivity contribution is 0.251. The summed E-state index contributed by atoms with van der Waals surface area (Å²) >= 11 is 1.37. The summed E-state index contributed by atoms with van der Waals surface area (Å²) in [5.41, 5.74) is 2.27. The minimum absolute atomic E-state index is 0.214. The number of carbonyl (C=O) groups is 1. The second-order valence-corrected chi connectivity index (χ2v) is 6.64. The molecule has 7 heteroatoms. The Bertz CT molecular complexity index is 867. The summed E-state index contributed by atoms with van der Waals surface area (Å²) in [5, 5.41) is 5.92. The van der Waals surface area contributed by atoms with Crippen LogP contribution in [0.5, 0.6) is 0 Å². The fraction of sp³-hybridized carbons (Fsp3) is 0.167. The summed E-state index contributed by atoms with van der Waals surface area (Å²) in [4.78, 5) is 21.2. The minimum atomic E-state index is -0.340. The molecule has 2 heterocycles. The predicted octanol–water partition coefficient (Wildman–Crippen LogP) is 3.90. The zero-order valence-electron chi connectivity index (χ0n) is 13.6. The Labute approximate surface area is 149 Å². The molecule has 128 valence electrons. The monoisotopic (exact) mass is 356 g/mol. The molecule has 2 N–H and O–H groups in total. The standard InChI is InChI=1S/C18H17FN4OS/c1-12-5-6-13(9-16(12)19)8-15-11-22-18(25-15)23-17(24)21-10-14-4-2-3-7-20-14/h2-7,9,11H,8,10H2,1H3,(H2,21,22,23,24). The SMILES string of the molecule is Cc1ccc(Cc2cnc(NC(=O)NCc3ccccn3)s2)cc1F. The molecule has 25 heavy (non-hydrogen) atoms. The maximum Gasteiger partial charge on any atom is 0.321 e. The number of thiazole rings is 1. The Balaban J connectivity index is 1.54. The van der Waals surface area contributed by atoms with Crippen molar-refractivity contribution in [2.45, 2.75) is 19.9 Å². The predicted molar refractivity (Wildman–Crippen MR) is 96.2 cm³/mol. The minimum Gasteiger partial charge on any atom is -0.332 e. The van der Waals surface area contributed by atoms with Crippen molar-refractivity contribution in [1.82, 2.24) is 15.3 Å². The first-order chi connectivity index (χ1) is 12.1. The number of anilines is 1. The van der Waals surface area contributed by atoms with Crippen LogP contribution in [0, 0.1) is 12.7 Å². The third-order valence-electron chi connectivity index (χ3n) is 3.54. The van der Waals surface area contributed by atoms with Crippen LogP contribution in [0.25, 0.3) is 0 Å². The molecule has 0 saturated carbocycles. The number of nitrogens with zero attached hydrogens (tertiary/aromatic N) is 2. The van der Waals surface area contributed by atoms with Crippen LogP contribution in [0.15, 0.2) is 48.8 Å². The molecule has 5 nitrogen and oxygen atoms in total. The molecule has 0 fully saturated rings. The average molecular weight is 356 g/mol. The first-order valence-electron chi connectivity index (χ1n) is 7.74. The fourth-order valence-electron chi connectivity index (χ4n) is 2.21. The topological polar surface area (TPSA) is 66.9 Å². The van der Waals surface area contributed by atoms with Crippen molar-refractivity contribution in [2.24, 2.45) is 0 Å². The van der Waals surface area contributed by atoms with Crippen LogP contribution < -0.4 is 10.6 Å². The van der Waals surface area contributed by atoms with Gasteiger partial charge in [-0.3, -0.25) is 10.3 Å². The Hall–Kier alpha value is -2.80. The van der Waals surface area contributed by atoms with E-state index in [0.717, 1.165) is 16.1 Å². The average Bonchev–Trinajstić information content (AvgIpc) is 3.04. The van der Waals surface area contributed by atoms with Crippen LogP contribution in [-0.4, -0.2) is 16.0 Å². The summed E-state index contributed by atoms with van der Waals surface area (Å²) in [6.45, 7) is 2.07. The summed E-state index contributed by atoms with van der Waals surface area (Å²) in [6, 6.07) is 10.4. The van der Waals surface area contributed by atoms with E-state index in [1.54, 1.807) is 25.4 Å². The second kappa shape index (κ2) is 7.85. The second-order valence-electron chi connectivity index (χ2n) is 5.52. The molecule has 3 rings (SSSR count). The van der Waals surface area contributed by atoms with Crippen LogP contribution in [0.2, 0.25) is 0 Å². The van der Waals surface area contributed by atoms with Crippen molar-refractivity contribution >= 4 is 22.5 Å². The van der Waals surface area contributed by atoms with Crippen molar-refractivity contribution in [2.75, 3.05) is 5.32 Å². The maximum atomic E-state index is 13.6. The maximum absolute atomic E-state index is 13.6. The van der Waals surface area contributed by atoms with Crippen LogP contribution in [-0.2, 0) is 13.0 Å². The lowest BCUT2D eigenvalue weighted by Crippen LogP contribution is -2.28. The number of hydrogen-bond donors (Lipinski definition) is 2. The van der Waals surface area contributed by atoms with E-state index in [-0.39, 0.29) is 11.8 Å². The van der Waals surface area contributed by atoms with Gasteiger partial charge < -0.3 is 5.32 Å². The molecule has 0 spiro atoms. The van der Waals surface area contributed by atoms with Crippen LogP contribution in [0.1, 0.15) is 21.7 Å². The molecule has 0 aliphatic heterocycles. The first-order valence-corrected chi connectivity index (χ1v) is 8.56. The molecule has 2 aromatic heterocycles. The zero-order chi connectivity index (χ0) is 17.6. The van der Waals surface area contributed by atoms with E-state index in [1.807, 2.05) is 24.3 Å². The molecule has 0 aliphatic carbocycles. The molecule has 1 aromatic carbocycles. The Kier molecular flexibility index (Phi) is 5.35. The zero-order valence-corrected chi connectivity index (χ0v) is 14.4. The van der Waals surface area contributed by atoms with Gasteiger partial charge in [-0.05, 0) is 36.2 Å². The number of hydrogen-bond acceptors (Lipinski definition) is 4. The van der Waals surface area contributed by atoms with Crippen LogP contribution >= 0.6 is 11.3 Å². The highest BCUT2D eigenvalue weighted by molar-refractivity contribution is 7.15. The van der Waals surface area contributed by atoms with E-state index in [9.17, 15) is 9.18 Å². The molecule has 0 aliphatic rings. The van der Waals surface area contributed by atoms with Crippen molar-refractivity contribution < 1.29 is 9.18 Å². The van der Waals surface area contributed by atoms with Gasteiger partial charge in [0.25, 0.3) is 0 Å². The smallest absolute Gasteiger partial charge is 0.321 e. The Morgan fingerprint density at radius 1 is 1.24 bits per heavy atom. The number of carbonyl (C=O) groups excluding carboxylic acids is 1. The Morgan fingerprint density at radius 3 is 2.88 bits per heavy atom. The number of aromatic nitrogens is 2. The third-order valence-corrected chi connectivity index (χ3v) is 4.46. The summed E-state index contributed by atoms with van der Waals surface area (Å²) in [5.74, 6) is -0.214. The molecule has 0 atom stereocenters. The van der Waals surface area contributed by atoms with Crippen molar-refractivity contribution in [1.29, 1.82) is 0 Å². The van der Waals surface area contributed by atoms with Crippen LogP contribution in [0.3, 0.4) is 0 Å². The van der Waals surface area contributed by atoms with Crippen molar-refractivity contribution in [3.63, 3.8) is 0 Å². The number of urea groups is 1. The summed E-state index contributed by atoms with van der Waals surface area (Å²) < 4.78 is 13.6. The van der Waals surface area contributed by atoms with Crippen molar-refractivity contribution in [3.8, 4) is 0 Å². The van der Waals surface area contributed by atoms with Gasteiger partial charge in [-0.1, -0.05) is 18.2 Å². The highest BCUT2D eigenvalue weighted by Gasteiger charge is 2.08. The normalized spacial score (nSPS) is 10.5. The van der Waals surface area contributed by atoms with E-state index in [1.165, 1.54) is 17.4 Å². The molecule has 0 unspecified atom stereocenters. The Morgan fingerprint density at radius 2 is 2.12 bits per heavy atom. The van der Waals surface area contributed by atoms with Gasteiger partial charge in [0.1, 0.15) is 5.82 Å². The quantitative estimate of drug-likeness (QED) is 0.729. The number of nitrogens with one attached hydrogen (secondary N) is 2. The van der Waals surface area contributed by atoms with E-state index in [4.69, 9.17) is 0 Å². The molecule has 2 amide bonds. The molecular weight excluding hydrogens is 339 g/mol. The fourth-order valence-corrected chi connectivity index (χ4v) is 3.05. The number of pyridine rings is 1. The lowest BCUT2D eigenvalue weighted by Gasteiger charge is -2.04. The van der Waals surface area contributed by atoms with Gasteiger partial charge in [0, 0.05) is 23.7 Å². The summed E-state index contributed by atoms with van der Waals surface area (Å²) in [7, 11) is 0. The van der Waals surface area contributed by atoms with Gasteiger partial charge in [0.2, 0.25) is 0 Å². The number of amides is 2. The lowest BCUT2D eigenvalue weighted by atomic mass is 10.1. The van der Waals surface area contributed by atoms with E-state index in [0.29, 0.717) is 23.7 Å². The first kappa shape index (κ1) is 17.0. The van der Waals surface area contributed by atoms with E-state index >= 15 is 0 Å². The molecule has 0 bridgehead atoms. The van der Waals surface area contributed by atoms with Gasteiger partial charge in [-0.25, -0.2) is 14.2 Å². The van der Waals surface area contributed by atoms with Crippen molar-refractivity contribution in [3.05, 3.63) is 76.3 Å². The number of benzene rings is 1. The van der Waals surface area contributed by atoms with Gasteiger partial charge in [0.05, 0.1) is 12.2 Å². The van der Waals surface area contributed by atoms with E-state index < -0.39 is 0 Å². The number of aryl methyl sites for hydroxylation is 1. The van der Waals surface area contributed by atoms with Crippen LogP contribution in [0.4, 0.5) is 14.3 Å². The highest BCUT2D eigenvalue weighted by atomic mass is 32.1. The number of rotatable bonds is 5. The van der Waals surface area contributed by atoms with Gasteiger partial charge >= 0.3 is 6.03 Å². The molecule has 3 aromatic rings. The van der Waals surface area contributed by atoms with Gasteiger partial charge in [0.15, 0.2) is 5.13 Å². The largest absolute Gasteiger partial charge is 0.332 e. The molecule has 0 saturated heterocycles. The highest BCUT2D eigenvalue weighted by Crippen LogP contribution is 2.22.